The van der Waals surface area contributed by atoms with Gasteiger partial charge in [-0.15, -0.1) is 5.10 Å². The van der Waals surface area contributed by atoms with Gasteiger partial charge in [-0.3, -0.25) is 9.48 Å². The molecule has 1 aromatic carbocycles. The van der Waals surface area contributed by atoms with Crippen LogP contribution in [0.1, 0.15) is 34.7 Å². The topological polar surface area (TPSA) is 75.9 Å². The summed E-state index contributed by atoms with van der Waals surface area (Å²) in [7, 11) is 1.84. The Labute approximate surface area is 158 Å². The van der Waals surface area contributed by atoms with Crippen LogP contribution in [-0.4, -0.2) is 45.0 Å². The Hall–Kier alpha value is -2.96. The molecule has 1 aliphatic rings. The van der Waals surface area contributed by atoms with Crippen LogP contribution in [0, 0.1) is 13.8 Å². The molecule has 1 atom stereocenters. The molecule has 7 heteroatoms. The van der Waals surface area contributed by atoms with E-state index in [2.05, 4.69) is 37.6 Å². The maximum absolute atomic E-state index is 12.5. The zero-order valence-electron chi connectivity index (χ0n) is 15.9. The second kappa shape index (κ2) is 6.98. The molecule has 1 saturated heterocycles. The molecule has 7 nitrogen and oxygen atoms in total. The number of aromatic nitrogens is 4. The average molecular weight is 364 g/mol. The fourth-order valence-electron chi connectivity index (χ4n) is 3.68. The number of carbonyl (C=O) groups is 1. The van der Waals surface area contributed by atoms with Gasteiger partial charge in [0.1, 0.15) is 5.69 Å². The zero-order valence-corrected chi connectivity index (χ0v) is 15.9. The van der Waals surface area contributed by atoms with Gasteiger partial charge in [-0.25, -0.2) is 0 Å². The third-order valence-electron chi connectivity index (χ3n) is 5.26. The number of fused-ring (bicyclic) bond motifs is 1. The molecule has 140 valence electrons. The third-order valence-corrected chi connectivity index (χ3v) is 5.26. The van der Waals surface area contributed by atoms with Gasteiger partial charge in [0.05, 0.1) is 5.69 Å². The predicted octanol–water partition coefficient (Wildman–Crippen LogP) is 2.38. The molecule has 3 heterocycles. The maximum Gasteiger partial charge on any atom is 0.272 e. The number of piperidine rings is 1. The highest BCUT2D eigenvalue weighted by atomic mass is 16.2. The number of hydrogen-bond donors (Lipinski definition) is 1. The second-order valence-corrected chi connectivity index (χ2v) is 7.21. The van der Waals surface area contributed by atoms with E-state index < -0.39 is 0 Å². The van der Waals surface area contributed by atoms with Crippen molar-refractivity contribution >= 4 is 22.5 Å². The van der Waals surface area contributed by atoms with Crippen LogP contribution in [0.25, 0.3) is 10.8 Å². The van der Waals surface area contributed by atoms with Gasteiger partial charge in [0.25, 0.3) is 5.91 Å². The van der Waals surface area contributed by atoms with Crippen LogP contribution in [-0.2, 0) is 7.05 Å². The Kier molecular flexibility index (Phi) is 4.51. The average Bonchev–Trinajstić information content (AvgIpc) is 3.01. The van der Waals surface area contributed by atoms with Crippen molar-refractivity contribution in [2.24, 2.45) is 7.05 Å². The van der Waals surface area contributed by atoms with Crippen LogP contribution in [0.2, 0.25) is 0 Å². The van der Waals surface area contributed by atoms with Gasteiger partial charge in [-0.1, -0.05) is 24.3 Å². The third kappa shape index (κ3) is 3.37. The fourth-order valence-corrected chi connectivity index (χ4v) is 3.68. The fraction of sp³-hybridized carbons (Fsp3) is 0.400. The van der Waals surface area contributed by atoms with Crippen LogP contribution in [0.15, 0.2) is 30.3 Å². The number of hydrogen-bond acceptors (Lipinski definition) is 5. The molecule has 0 radical (unpaired) electrons. The summed E-state index contributed by atoms with van der Waals surface area (Å²) < 4.78 is 1.72. The number of aryl methyl sites for hydroxylation is 3. The van der Waals surface area contributed by atoms with E-state index in [1.165, 1.54) is 0 Å². The Morgan fingerprint density at radius 3 is 2.70 bits per heavy atom. The molecular formula is C20H24N6O. The predicted molar refractivity (Wildman–Crippen MR) is 105 cm³/mol. The minimum Gasteiger partial charge on any atom is -0.353 e. The number of nitrogens with one attached hydrogen (secondary N) is 1. The van der Waals surface area contributed by atoms with Crippen LogP contribution in [0.3, 0.4) is 0 Å². The normalized spacial score (nSPS) is 17.3. The van der Waals surface area contributed by atoms with E-state index in [9.17, 15) is 4.79 Å². The van der Waals surface area contributed by atoms with Gasteiger partial charge < -0.3 is 10.2 Å². The minimum absolute atomic E-state index is 0.0652. The van der Waals surface area contributed by atoms with Gasteiger partial charge in [0, 0.05) is 42.6 Å². The Morgan fingerprint density at radius 2 is 1.96 bits per heavy atom. The molecule has 1 aliphatic heterocycles. The van der Waals surface area contributed by atoms with Gasteiger partial charge >= 0.3 is 0 Å². The molecule has 3 aromatic rings. The van der Waals surface area contributed by atoms with Crippen LogP contribution >= 0.6 is 0 Å². The molecule has 2 aromatic heterocycles. The van der Waals surface area contributed by atoms with Gasteiger partial charge in [0.2, 0.25) is 0 Å². The monoisotopic (exact) mass is 364 g/mol. The highest BCUT2D eigenvalue weighted by molar-refractivity contribution is 5.94. The Morgan fingerprint density at radius 1 is 1.19 bits per heavy atom. The van der Waals surface area contributed by atoms with E-state index in [1.54, 1.807) is 4.68 Å². The molecule has 0 saturated carbocycles. The zero-order chi connectivity index (χ0) is 19.0. The quantitative estimate of drug-likeness (QED) is 0.772. The highest BCUT2D eigenvalue weighted by Gasteiger charge is 2.25. The Balaban J connectivity index is 1.53. The lowest BCUT2D eigenvalue weighted by Crippen LogP contribution is -2.48. The van der Waals surface area contributed by atoms with Crippen molar-refractivity contribution in [3.63, 3.8) is 0 Å². The van der Waals surface area contributed by atoms with Crippen molar-refractivity contribution in [1.82, 2.24) is 25.3 Å². The minimum atomic E-state index is -0.120. The van der Waals surface area contributed by atoms with E-state index in [-0.39, 0.29) is 11.9 Å². The standard InChI is InChI=1S/C20H24N6O/c1-13-11-18(24-25(13)3)20(27)21-15-7-6-10-26(12-15)19-17-9-5-4-8-16(17)14(2)22-23-19/h4-5,8-9,11,15H,6-7,10,12H2,1-3H3,(H,21,27). The Bertz CT molecular complexity index is 976. The van der Waals surface area contributed by atoms with E-state index in [0.717, 1.165) is 53.9 Å². The van der Waals surface area contributed by atoms with Gasteiger partial charge in [-0.05, 0) is 32.8 Å². The molecule has 1 unspecified atom stereocenters. The van der Waals surface area contributed by atoms with Crippen LogP contribution in [0.5, 0.6) is 0 Å². The lowest BCUT2D eigenvalue weighted by molar-refractivity contribution is 0.0927. The number of rotatable bonds is 3. The summed E-state index contributed by atoms with van der Waals surface area (Å²) >= 11 is 0. The maximum atomic E-state index is 12.5. The molecule has 1 N–H and O–H groups in total. The van der Waals surface area contributed by atoms with Crippen molar-refractivity contribution in [2.75, 3.05) is 18.0 Å². The summed E-state index contributed by atoms with van der Waals surface area (Å²) in [5, 5.41) is 18.4. The number of anilines is 1. The summed E-state index contributed by atoms with van der Waals surface area (Å²) in [5.74, 6) is 0.772. The number of benzene rings is 1. The van der Waals surface area contributed by atoms with E-state index in [4.69, 9.17) is 0 Å². The molecular weight excluding hydrogens is 340 g/mol. The molecule has 0 spiro atoms. The highest BCUT2D eigenvalue weighted by Crippen LogP contribution is 2.27. The van der Waals surface area contributed by atoms with Crippen molar-refractivity contribution in [3.8, 4) is 0 Å². The van der Waals surface area contributed by atoms with E-state index >= 15 is 0 Å². The molecule has 27 heavy (non-hydrogen) atoms. The van der Waals surface area contributed by atoms with Crippen molar-refractivity contribution in [1.29, 1.82) is 0 Å². The molecule has 1 amide bonds. The summed E-state index contributed by atoms with van der Waals surface area (Å²) in [6.45, 7) is 5.55. The molecule has 1 fully saturated rings. The van der Waals surface area contributed by atoms with Gasteiger partial charge in [-0.2, -0.15) is 10.2 Å². The number of nitrogens with zero attached hydrogens (tertiary/aromatic N) is 5. The largest absolute Gasteiger partial charge is 0.353 e. The molecule has 0 bridgehead atoms. The van der Waals surface area contributed by atoms with Crippen molar-refractivity contribution < 1.29 is 4.79 Å². The first kappa shape index (κ1) is 17.5. The summed E-state index contributed by atoms with van der Waals surface area (Å²) in [6.07, 6.45) is 1.95. The van der Waals surface area contributed by atoms with Crippen molar-refractivity contribution in [2.45, 2.75) is 32.7 Å². The molecule has 0 aliphatic carbocycles. The van der Waals surface area contributed by atoms with Gasteiger partial charge in [0.15, 0.2) is 5.82 Å². The SMILES string of the molecule is Cc1nnc(N2CCCC(NC(=O)c3cc(C)n(C)n3)C2)c2ccccc12. The number of amides is 1. The first-order chi connectivity index (χ1) is 13.0. The second-order valence-electron chi connectivity index (χ2n) is 7.21. The molecule has 4 rings (SSSR count). The summed E-state index contributed by atoms with van der Waals surface area (Å²) in [6, 6.07) is 10.1. The first-order valence-electron chi connectivity index (χ1n) is 9.31. The van der Waals surface area contributed by atoms with E-state index in [0.29, 0.717) is 5.69 Å². The summed E-state index contributed by atoms with van der Waals surface area (Å²) in [4.78, 5) is 14.8. The lowest BCUT2D eigenvalue weighted by atomic mass is 10.0. The van der Waals surface area contributed by atoms with E-state index in [1.807, 2.05) is 39.1 Å². The number of carbonyl (C=O) groups excluding carboxylic acids is 1. The van der Waals surface area contributed by atoms with Crippen LogP contribution < -0.4 is 10.2 Å². The van der Waals surface area contributed by atoms with Crippen LogP contribution in [0.4, 0.5) is 5.82 Å². The summed E-state index contributed by atoms with van der Waals surface area (Å²) in [5.41, 5.74) is 2.36. The first-order valence-corrected chi connectivity index (χ1v) is 9.31. The van der Waals surface area contributed by atoms with Crippen molar-refractivity contribution in [3.05, 3.63) is 47.4 Å². The smallest absolute Gasteiger partial charge is 0.272 e. The lowest BCUT2D eigenvalue weighted by Gasteiger charge is -2.34.